The highest BCUT2D eigenvalue weighted by Gasteiger charge is 2.25. The first-order valence-corrected chi connectivity index (χ1v) is 6.54. The average Bonchev–Trinajstić information content (AvgIpc) is 2.64. The van der Waals surface area contributed by atoms with Crippen LogP contribution in [-0.2, 0) is 0 Å². The van der Waals surface area contributed by atoms with Gasteiger partial charge in [0.2, 0.25) is 0 Å². The minimum Gasteiger partial charge on any atom is -0.497 e. The normalized spacial score (nSPS) is 23.8. The summed E-state index contributed by atoms with van der Waals surface area (Å²) in [6.07, 6.45) is 5.42. The van der Waals surface area contributed by atoms with E-state index < -0.39 is 0 Å². The van der Waals surface area contributed by atoms with Crippen molar-refractivity contribution >= 4 is 0 Å². The molecule has 1 fully saturated rings. The fourth-order valence-electron chi connectivity index (χ4n) is 2.41. The molecule has 1 aromatic rings. The lowest BCUT2D eigenvalue weighted by molar-refractivity contribution is 0.151. The molecule has 2 unspecified atom stereocenters. The van der Waals surface area contributed by atoms with Crippen molar-refractivity contribution in [3.8, 4) is 17.6 Å². The Morgan fingerprint density at radius 3 is 2.72 bits per heavy atom. The summed E-state index contributed by atoms with van der Waals surface area (Å²) in [7, 11) is 1.64. The Balaban J connectivity index is 2.08. The molecule has 0 N–H and O–H groups in total. The number of hydrogen-bond acceptors (Lipinski definition) is 3. The van der Waals surface area contributed by atoms with Crippen LogP contribution in [0.15, 0.2) is 24.3 Å². The van der Waals surface area contributed by atoms with Crippen LogP contribution in [0.5, 0.6) is 11.5 Å². The number of benzene rings is 1. The fourth-order valence-corrected chi connectivity index (χ4v) is 2.41. The van der Waals surface area contributed by atoms with Crippen LogP contribution >= 0.6 is 0 Å². The Morgan fingerprint density at radius 1 is 1.17 bits per heavy atom. The molecule has 0 aliphatic heterocycles. The van der Waals surface area contributed by atoms with Gasteiger partial charge in [-0.05, 0) is 31.4 Å². The molecular formula is C15H19NO2. The maximum Gasteiger partial charge on any atom is 0.123 e. The van der Waals surface area contributed by atoms with Crippen molar-refractivity contribution in [2.45, 2.75) is 38.2 Å². The Hall–Kier alpha value is -1.69. The van der Waals surface area contributed by atoms with E-state index in [4.69, 9.17) is 9.47 Å². The summed E-state index contributed by atoms with van der Waals surface area (Å²) in [6, 6.07) is 9.98. The lowest BCUT2D eigenvalue weighted by Gasteiger charge is -2.21. The first-order valence-electron chi connectivity index (χ1n) is 6.54. The Labute approximate surface area is 108 Å². The zero-order valence-corrected chi connectivity index (χ0v) is 10.8. The van der Waals surface area contributed by atoms with Crippen LogP contribution in [0.2, 0.25) is 0 Å². The molecule has 1 aliphatic carbocycles. The second-order valence-electron chi connectivity index (χ2n) is 4.71. The van der Waals surface area contributed by atoms with E-state index in [1.54, 1.807) is 7.11 Å². The van der Waals surface area contributed by atoms with E-state index >= 15 is 0 Å². The van der Waals surface area contributed by atoms with Gasteiger partial charge < -0.3 is 9.47 Å². The summed E-state index contributed by atoms with van der Waals surface area (Å²) in [4.78, 5) is 0. The van der Waals surface area contributed by atoms with E-state index in [0.717, 1.165) is 37.2 Å². The fraction of sp³-hybridized carbons (Fsp3) is 0.533. The van der Waals surface area contributed by atoms with Crippen LogP contribution in [0.3, 0.4) is 0 Å². The summed E-state index contributed by atoms with van der Waals surface area (Å²) in [5, 5.41) is 9.21. The lowest BCUT2D eigenvalue weighted by Crippen LogP contribution is -2.24. The minimum absolute atomic E-state index is 0.0127. The zero-order chi connectivity index (χ0) is 12.8. The molecule has 0 spiro atoms. The highest BCUT2D eigenvalue weighted by Crippen LogP contribution is 2.28. The van der Waals surface area contributed by atoms with E-state index in [1.165, 1.54) is 6.42 Å². The van der Waals surface area contributed by atoms with Gasteiger partial charge in [0.05, 0.1) is 19.1 Å². The van der Waals surface area contributed by atoms with Crippen LogP contribution < -0.4 is 9.47 Å². The van der Waals surface area contributed by atoms with Gasteiger partial charge in [-0.3, -0.25) is 0 Å². The number of methoxy groups -OCH3 is 1. The van der Waals surface area contributed by atoms with E-state index in [9.17, 15) is 5.26 Å². The molecule has 3 heteroatoms. The number of ether oxygens (including phenoxy) is 2. The third-order valence-corrected chi connectivity index (χ3v) is 3.45. The number of nitrogens with zero attached hydrogens (tertiary/aromatic N) is 1. The van der Waals surface area contributed by atoms with Crippen molar-refractivity contribution in [1.29, 1.82) is 5.26 Å². The Bertz CT molecular complexity index is 425. The second-order valence-corrected chi connectivity index (χ2v) is 4.71. The van der Waals surface area contributed by atoms with Crippen molar-refractivity contribution in [1.82, 2.24) is 0 Å². The van der Waals surface area contributed by atoms with Gasteiger partial charge in [0.15, 0.2) is 0 Å². The maximum atomic E-state index is 9.21. The molecule has 0 saturated heterocycles. The monoisotopic (exact) mass is 245 g/mol. The first-order chi connectivity index (χ1) is 8.83. The average molecular weight is 245 g/mol. The van der Waals surface area contributed by atoms with Crippen molar-refractivity contribution in [2.24, 2.45) is 5.92 Å². The molecule has 0 amide bonds. The molecule has 2 atom stereocenters. The van der Waals surface area contributed by atoms with Crippen LogP contribution in [0.1, 0.15) is 32.1 Å². The molecular weight excluding hydrogens is 226 g/mol. The highest BCUT2D eigenvalue weighted by atomic mass is 16.5. The van der Waals surface area contributed by atoms with Gasteiger partial charge in [-0.15, -0.1) is 0 Å². The second kappa shape index (κ2) is 6.30. The van der Waals surface area contributed by atoms with E-state index in [2.05, 4.69) is 6.07 Å². The molecule has 1 aromatic carbocycles. The third-order valence-electron chi connectivity index (χ3n) is 3.45. The van der Waals surface area contributed by atoms with Gasteiger partial charge in [-0.1, -0.05) is 18.9 Å². The smallest absolute Gasteiger partial charge is 0.123 e. The summed E-state index contributed by atoms with van der Waals surface area (Å²) in [5.41, 5.74) is 0. The minimum atomic E-state index is 0.0127. The molecule has 2 rings (SSSR count). The molecule has 1 aliphatic rings. The summed E-state index contributed by atoms with van der Waals surface area (Å²) in [6.45, 7) is 0. The molecule has 18 heavy (non-hydrogen) atoms. The summed E-state index contributed by atoms with van der Waals surface area (Å²) in [5.74, 6) is 1.59. The Kier molecular flexibility index (Phi) is 4.46. The molecule has 3 nitrogen and oxygen atoms in total. The van der Waals surface area contributed by atoms with Gasteiger partial charge in [-0.25, -0.2) is 0 Å². The third kappa shape index (κ3) is 3.16. The molecule has 0 aromatic heterocycles. The summed E-state index contributed by atoms with van der Waals surface area (Å²) < 4.78 is 11.2. The van der Waals surface area contributed by atoms with Gasteiger partial charge in [-0.2, -0.15) is 5.26 Å². The number of rotatable bonds is 3. The predicted molar refractivity (Wildman–Crippen MR) is 69.6 cm³/mol. The van der Waals surface area contributed by atoms with Gasteiger partial charge >= 0.3 is 0 Å². The molecule has 0 bridgehead atoms. The van der Waals surface area contributed by atoms with Crippen molar-refractivity contribution in [3.05, 3.63) is 24.3 Å². The van der Waals surface area contributed by atoms with Gasteiger partial charge in [0.25, 0.3) is 0 Å². The topological polar surface area (TPSA) is 42.2 Å². The van der Waals surface area contributed by atoms with Crippen LogP contribution in [0, 0.1) is 17.2 Å². The Morgan fingerprint density at radius 2 is 1.94 bits per heavy atom. The van der Waals surface area contributed by atoms with E-state index in [-0.39, 0.29) is 12.0 Å². The first kappa shape index (κ1) is 12.8. The van der Waals surface area contributed by atoms with Crippen LogP contribution in [-0.4, -0.2) is 13.2 Å². The predicted octanol–water partition coefficient (Wildman–Crippen LogP) is 3.55. The van der Waals surface area contributed by atoms with Crippen LogP contribution in [0.25, 0.3) is 0 Å². The zero-order valence-electron chi connectivity index (χ0n) is 10.8. The SMILES string of the molecule is COc1cccc(OC2CCCCCC2C#N)c1. The van der Waals surface area contributed by atoms with Gasteiger partial charge in [0.1, 0.15) is 17.6 Å². The largest absolute Gasteiger partial charge is 0.497 e. The van der Waals surface area contributed by atoms with E-state index in [0.29, 0.717) is 0 Å². The molecule has 0 radical (unpaired) electrons. The molecule has 0 heterocycles. The van der Waals surface area contributed by atoms with Crippen LogP contribution in [0.4, 0.5) is 0 Å². The summed E-state index contributed by atoms with van der Waals surface area (Å²) >= 11 is 0. The van der Waals surface area contributed by atoms with Crippen molar-refractivity contribution < 1.29 is 9.47 Å². The molecule has 96 valence electrons. The number of hydrogen-bond donors (Lipinski definition) is 0. The number of nitriles is 1. The molecule has 1 saturated carbocycles. The maximum absolute atomic E-state index is 9.21. The van der Waals surface area contributed by atoms with Crippen molar-refractivity contribution in [3.63, 3.8) is 0 Å². The van der Waals surface area contributed by atoms with Gasteiger partial charge in [0, 0.05) is 6.07 Å². The van der Waals surface area contributed by atoms with E-state index in [1.807, 2.05) is 24.3 Å². The quantitative estimate of drug-likeness (QED) is 0.765. The lowest BCUT2D eigenvalue weighted by atomic mass is 9.99. The standard InChI is InChI=1S/C15H19NO2/c1-17-13-7-5-8-14(10-13)18-15-9-4-2-3-6-12(15)11-16/h5,7-8,10,12,15H,2-4,6,9H2,1H3. The highest BCUT2D eigenvalue weighted by molar-refractivity contribution is 5.33. The van der Waals surface area contributed by atoms with Crippen molar-refractivity contribution in [2.75, 3.05) is 7.11 Å².